The summed E-state index contributed by atoms with van der Waals surface area (Å²) < 4.78 is 37.5. The van der Waals surface area contributed by atoms with Gasteiger partial charge in [0.2, 0.25) is 5.91 Å². The van der Waals surface area contributed by atoms with Gasteiger partial charge >= 0.3 is 0 Å². The Morgan fingerprint density at radius 1 is 1.04 bits per heavy atom. The van der Waals surface area contributed by atoms with Crippen LogP contribution in [0.25, 0.3) is 0 Å². The summed E-state index contributed by atoms with van der Waals surface area (Å²) in [6.45, 7) is 0.747. The van der Waals surface area contributed by atoms with E-state index in [2.05, 4.69) is 5.32 Å². The second-order valence-electron chi connectivity index (χ2n) is 8.96. The van der Waals surface area contributed by atoms with Gasteiger partial charge in [0.15, 0.2) is 0 Å². The molecule has 0 spiro atoms. The van der Waals surface area contributed by atoms with Gasteiger partial charge in [-0.25, -0.2) is 4.39 Å². The standard InChI is InChI=1S/C20H28FN3O3S/c21-17-1-3-18(4-2-17)24-6-5-23(28(24,26)27)12-19(25)22-20-15-8-13-7-14(10-15)11-16(20)9-13/h1-4,13-16,20,26-27H,5-12H2,(H,22,25). The van der Waals surface area contributed by atoms with E-state index in [4.69, 9.17) is 0 Å². The Morgan fingerprint density at radius 3 is 2.25 bits per heavy atom. The minimum atomic E-state index is -3.27. The number of carbonyl (C=O) groups is 1. The number of amides is 1. The largest absolute Gasteiger partial charge is 0.352 e. The quantitative estimate of drug-likeness (QED) is 0.710. The number of nitrogens with zero attached hydrogens (tertiary/aromatic N) is 2. The molecule has 5 aliphatic rings. The summed E-state index contributed by atoms with van der Waals surface area (Å²) in [5, 5.41) is 3.23. The van der Waals surface area contributed by atoms with E-state index in [1.165, 1.54) is 65.0 Å². The Labute approximate surface area is 166 Å². The fourth-order valence-electron chi connectivity index (χ4n) is 6.18. The Hall–Kier alpha value is -1.35. The van der Waals surface area contributed by atoms with E-state index in [-0.39, 0.29) is 24.3 Å². The Morgan fingerprint density at radius 2 is 1.64 bits per heavy atom. The van der Waals surface area contributed by atoms with Crippen LogP contribution in [-0.4, -0.2) is 45.0 Å². The van der Waals surface area contributed by atoms with Crippen LogP contribution in [0.1, 0.15) is 32.1 Å². The first-order chi connectivity index (χ1) is 13.4. The van der Waals surface area contributed by atoms with Crippen molar-refractivity contribution in [2.75, 3.05) is 23.9 Å². The lowest BCUT2D eigenvalue weighted by atomic mass is 9.54. The predicted octanol–water partition coefficient (Wildman–Crippen LogP) is 3.47. The molecule has 6 rings (SSSR count). The second-order valence-corrected chi connectivity index (χ2v) is 10.9. The molecule has 8 heteroatoms. The van der Waals surface area contributed by atoms with Gasteiger partial charge in [-0.05, 0) is 91.0 Å². The van der Waals surface area contributed by atoms with Crippen molar-refractivity contribution in [1.29, 1.82) is 0 Å². The van der Waals surface area contributed by atoms with Gasteiger partial charge in [-0.2, -0.15) is 4.31 Å². The highest BCUT2D eigenvalue weighted by molar-refractivity contribution is 8.23. The van der Waals surface area contributed by atoms with Crippen LogP contribution in [0.4, 0.5) is 10.1 Å². The second kappa shape index (κ2) is 6.86. The number of benzene rings is 1. The molecule has 4 saturated carbocycles. The lowest BCUT2D eigenvalue weighted by Crippen LogP contribution is -2.57. The molecule has 3 N–H and O–H groups in total. The van der Waals surface area contributed by atoms with Crippen molar-refractivity contribution < 1.29 is 18.3 Å². The molecule has 1 aromatic rings. The molecule has 28 heavy (non-hydrogen) atoms. The van der Waals surface area contributed by atoms with E-state index in [0.29, 0.717) is 30.6 Å². The van der Waals surface area contributed by atoms with Crippen LogP contribution in [0.5, 0.6) is 0 Å². The average Bonchev–Trinajstić information content (AvgIpc) is 2.92. The topological polar surface area (TPSA) is 76.0 Å². The highest BCUT2D eigenvalue weighted by Crippen LogP contribution is 2.54. The van der Waals surface area contributed by atoms with Crippen molar-refractivity contribution in [3.63, 3.8) is 0 Å². The smallest absolute Gasteiger partial charge is 0.236 e. The monoisotopic (exact) mass is 409 g/mol. The third kappa shape index (κ3) is 3.20. The molecule has 0 unspecified atom stereocenters. The van der Waals surface area contributed by atoms with Gasteiger partial charge in [-0.1, -0.05) is 0 Å². The molecule has 154 valence electrons. The number of anilines is 1. The molecule has 1 heterocycles. The lowest BCUT2D eigenvalue weighted by molar-refractivity contribution is -0.125. The van der Waals surface area contributed by atoms with Gasteiger partial charge in [0.1, 0.15) is 5.82 Å². The van der Waals surface area contributed by atoms with E-state index in [9.17, 15) is 18.3 Å². The number of nitrogens with one attached hydrogen (secondary N) is 1. The van der Waals surface area contributed by atoms with Crippen LogP contribution in [0.15, 0.2) is 24.3 Å². The normalized spacial score (nSPS) is 37.2. The van der Waals surface area contributed by atoms with Crippen LogP contribution in [0.2, 0.25) is 0 Å². The fourth-order valence-corrected chi connectivity index (χ4v) is 7.81. The van der Waals surface area contributed by atoms with Crippen molar-refractivity contribution in [1.82, 2.24) is 9.62 Å². The molecule has 1 aliphatic heterocycles. The number of halogens is 1. The van der Waals surface area contributed by atoms with Crippen molar-refractivity contribution in [2.24, 2.45) is 23.7 Å². The van der Waals surface area contributed by atoms with Crippen LogP contribution in [-0.2, 0) is 4.79 Å². The van der Waals surface area contributed by atoms with Gasteiger partial charge < -0.3 is 5.32 Å². The summed E-state index contributed by atoms with van der Waals surface area (Å²) in [6.07, 6.45) is 6.30. The molecule has 0 aromatic heterocycles. The van der Waals surface area contributed by atoms with Gasteiger partial charge in [-0.3, -0.25) is 18.2 Å². The summed E-state index contributed by atoms with van der Waals surface area (Å²) in [5.41, 5.74) is 0.547. The minimum Gasteiger partial charge on any atom is -0.352 e. The third-order valence-corrected chi connectivity index (χ3v) is 9.17. The fraction of sp³-hybridized carbons (Fsp3) is 0.650. The van der Waals surface area contributed by atoms with E-state index in [1.807, 2.05) is 0 Å². The van der Waals surface area contributed by atoms with E-state index >= 15 is 0 Å². The molecule has 1 amide bonds. The van der Waals surface area contributed by atoms with Crippen LogP contribution < -0.4 is 9.62 Å². The zero-order chi connectivity index (χ0) is 19.5. The van der Waals surface area contributed by atoms with Crippen molar-refractivity contribution in [3.05, 3.63) is 30.1 Å². The molecule has 6 nitrogen and oxygen atoms in total. The van der Waals surface area contributed by atoms with Gasteiger partial charge in [0.25, 0.3) is 0 Å². The lowest BCUT2D eigenvalue weighted by Gasteiger charge is -2.54. The molecule has 1 aromatic carbocycles. The first kappa shape index (κ1) is 18.7. The summed E-state index contributed by atoms with van der Waals surface area (Å²) in [4.78, 5) is 12.7. The first-order valence-electron chi connectivity index (χ1n) is 10.3. The molecule has 0 atom stereocenters. The molecule has 0 radical (unpaired) electrons. The minimum absolute atomic E-state index is 0.0250. The maximum atomic E-state index is 13.2. The molecular formula is C20H28FN3O3S. The van der Waals surface area contributed by atoms with Crippen molar-refractivity contribution >= 4 is 22.6 Å². The SMILES string of the molecule is O=C(CN1CCN(c2ccc(F)cc2)S1(O)O)NC1C2CC3CC(C2)CC1C3. The first-order valence-corrected chi connectivity index (χ1v) is 11.7. The summed E-state index contributed by atoms with van der Waals surface area (Å²) in [6, 6.07) is 5.90. The summed E-state index contributed by atoms with van der Waals surface area (Å²) >= 11 is 0. The molecule has 4 bridgehead atoms. The highest BCUT2D eigenvalue weighted by Gasteiger charge is 2.49. The zero-order valence-corrected chi connectivity index (χ0v) is 16.7. The van der Waals surface area contributed by atoms with Crippen molar-refractivity contribution in [3.8, 4) is 0 Å². The molecule has 5 fully saturated rings. The third-order valence-electron chi connectivity index (χ3n) is 7.18. The Bertz CT molecular complexity index is 732. The van der Waals surface area contributed by atoms with Crippen LogP contribution >= 0.6 is 11.0 Å². The highest BCUT2D eigenvalue weighted by atomic mass is 32.3. The number of rotatable bonds is 4. The number of hydrogen-bond donors (Lipinski definition) is 3. The van der Waals surface area contributed by atoms with Crippen LogP contribution in [0.3, 0.4) is 0 Å². The molecule has 1 saturated heterocycles. The van der Waals surface area contributed by atoms with Crippen molar-refractivity contribution in [2.45, 2.75) is 38.1 Å². The van der Waals surface area contributed by atoms with Gasteiger partial charge in [0, 0.05) is 12.6 Å². The van der Waals surface area contributed by atoms with E-state index in [1.54, 1.807) is 0 Å². The molecular weight excluding hydrogens is 381 g/mol. The number of carbonyl (C=O) groups excluding carboxylic acids is 1. The Balaban J connectivity index is 1.22. The zero-order valence-electron chi connectivity index (χ0n) is 15.8. The van der Waals surface area contributed by atoms with Crippen LogP contribution in [0, 0.1) is 29.5 Å². The van der Waals surface area contributed by atoms with E-state index in [0.717, 1.165) is 11.8 Å². The van der Waals surface area contributed by atoms with Gasteiger partial charge in [-0.15, -0.1) is 0 Å². The maximum absolute atomic E-state index is 13.2. The average molecular weight is 410 g/mol. The number of hydrogen-bond acceptors (Lipinski definition) is 5. The summed E-state index contributed by atoms with van der Waals surface area (Å²) in [5.74, 6) is 2.39. The van der Waals surface area contributed by atoms with E-state index < -0.39 is 11.0 Å². The van der Waals surface area contributed by atoms with Gasteiger partial charge in [0.05, 0.1) is 18.8 Å². The predicted molar refractivity (Wildman–Crippen MR) is 107 cm³/mol. The maximum Gasteiger partial charge on any atom is 0.236 e. The molecule has 4 aliphatic carbocycles. The summed E-state index contributed by atoms with van der Waals surface area (Å²) in [7, 11) is -3.27. The Kier molecular flexibility index (Phi) is 4.58.